The average molecular weight is 678 g/mol. The molecule has 0 fully saturated rings. The second kappa shape index (κ2) is 12.5. The Bertz CT molecular complexity index is 779. The van der Waals surface area contributed by atoms with Crippen LogP contribution in [-0.4, -0.2) is 59.7 Å². The number of rotatable bonds is 17. The summed E-state index contributed by atoms with van der Waals surface area (Å²) in [5.74, 6) is -56.5. The smallest absolute Gasteiger partial charge is 0.200 e. The van der Waals surface area contributed by atoms with Gasteiger partial charge >= 0.3 is 59.7 Å². The molecule has 0 radical (unpaired) electrons. The molecule has 0 amide bonds. The highest BCUT2D eigenvalue weighted by Gasteiger charge is 2.88. The largest absolute Gasteiger partial charge is 0.460 e. The fraction of sp³-hybridized carbons (Fsp3) is 1.00. The molecular formula is C20H20F22. The average Bonchev–Trinajstić information content (AvgIpc) is 2.77. The van der Waals surface area contributed by atoms with E-state index in [4.69, 9.17) is 0 Å². The van der Waals surface area contributed by atoms with Gasteiger partial charge in [0.1, 0.15) is 0 Å². The van der Waals surface area contributed by atoms with E-state index in [1.807, 2.05) is 0 Å². The van der Waals surface area contributed by atoms with E-state index in [1.165, 1.54) is 0 Å². The summed E-state index contributed by atoms with van der Waals surface area (Å²) < 4.78 is 283. The van der Waals surface area contributed by atoms with Gasteiger partial charge in [-0.15, -0.1) is 0 Å². The first kappa shape index (κ1) is 40.5. The predicted octanol–water partition coefficient (Wildman–Crippen LogP) is 11.1. The third-order valence-electron chi connectivity index (χ3n) is 5.94. The fourth-order valence-corrected chi connectivity index (χ4v) is 3.28. The van der Waals surface area contributed by atoms with Crippen molar-refractivity contribution in [2.45, 2.75) is 124 Å². The summed E-state index contributed by atoms with van der Waals surface area (Å²) in [6.45, 7) is 0. The van der Waals surface area contributed by atoms with Crippen LogP contribution in [0, 0.1) is 0 Å². The Balaban J connectivity index is 4.74. The molecule has 0 aliphatic rings. The molecule has 0 spiro atoms. The van der Waals surface area contributed by atoms with Crippen LogP contribution >= 0.6 is 0 Å². The van der Waals surface area contributed by atoms with Gasteiger partial charge in [0, 0.05) is 12.8 Å². The Kier molecular flexibility index (Phi) is 12.0. The molecule has 0 atom stereocenters. The minimum absolute atomic E-state index is 0.118. The van der Waals surface area contributed by atoms with Gasteiger partial charge in [0.15, 0.2) is 0 Å². The summed E-state index contributed by atoms with van der Waals surface area (Å²) in [4.78, 5) is 0. The van der Waals surface area contributed by atoms with Crippen molar-refractivity contribution in [2.75, 3.05) is 0 Å². The maximum absolute atomic E-state index is 13.5. The van der Waals surface area contributed by atoms with Crippen molar-refractivity contribution in [2.24, 2.45) is 0 Å². The number of unbranched alkanes of at least 4 members (excludes halogenated alkanes) is 7. The van der Waals surface area contributed by atoms with Crippen molar-refractivity contribution < 1.29 is 96.6 Å². The van der Waals surface area contributed by atoms with Gasteiger partial charge in [0.05, 0.1) is 0 Å². The zero-order chi connectivity index (χ0) is 34.1. The van der Waals surface area contributed by atoms with Gasteiger partial charge in [-0.2, -0.15) is 96.6 Å². The molecule has 0 unspecified atom stereocenters. The molecule has 0 aromatic carbocycles. The molecule has 0 aliphatic carbocycles. The van der Waals surface area contributed by atoms with Crippen molar-refractivity contribution in [1.82, 2.24) is 0 Å². The predicted molar refractivity (Wildman–Crippen MR) is 97.9 cm³/mol. The molecule has 0 rings (SSSR count). The fourth-order valence-electron chi connectivity index (χ4n) is 3.28. The summed E-state index contributed by atoms with van der Waals surface area (Å²) in [7, 11) is 0. The highest BCUT2D eigenvalue weighted by molar-refractivity contribution is 5.07. The van der Waals surface area contributed by atoms with Gasteiger partial charge < -0.3 is 0 Å². The van der Waals surface area contributed by atoms with Crippen molar-refractivity contribution in [3.8, 4) is 0 Å². The molecule has 0 heterocycles. The molecule has 0 saturated carbocycles. The molecule has 0 aromatic heterocycles. The first-order valence-corrected chi connectivity index (χ1v) is 11.4. The lowest BCUT2D eigenvalue weighted by atomic mass is 9.93. The third-order valence-corrected chi connectivity index (χ3v) is 5.94. The Morgan fingerprint density at radius 2 is 0.405 bits per heavy atom. The minimum atomic E-state index is -7.54. The lowest BCUT2D eigenvalue weighted by Crippen LogP contribution is -2.66. The monoisotopic (exact) mass is 678 g/mol. The normalized spacial score (nSPS) is 15.9. The maximum Gasteiger partial charge on any atom is 0.460 e. The molecule has 0 saturated heterocycles. The molecule has 0 N–H and O–H groups in total. The summed E-state index contributed by atoms with van der Waals surface area (Å²) in [6.07, 6.45) is -23.2. The Labute approximate surface area is 221 Å². The second-order valence-corrected chi connectivity index (χ2v) is 9.18. The Morgan fingerprint density at radius 3 is 0.595 bits per heavy atom. The molecule has 42 heavy (non-hydrogen) atoms. The van der Waals surface area contributed by atoms with Crippen LogP contribution in [0.3, 0.4) is 0 Å². The zero-order valence-corrected chi connectivity index (χ0v) is 20.4. The van der Waals surface area contributed by atoms with Crippen LogP contribution in [0.4, 0.5) is 96.6 Å². The molecule has 0 aromatic rings. The van der Waals surface area contributed by atoms with Crippen molar-refractivity contribution in [1.29, 1.82) is 0 Å². The van der Waals surface area contributed by atoms with Crippen LogP contribution in [0.5, 0.6) is 0 Å². The van der Waals surface area contributed by atoms with E-state index in [2.05, 4.69) is 0 Å². The van der Waals surface area contributed by atoms with Crippen LogP contribution in [0.25, 0.3) is 0 Å². The molecule has 0 bridgehead atoms. The van der Waals surface area contributed by atoms with E-state index in [9.17, 15) is 96.6 Å². The number of halogens is 22. The molecule has 254 valence electrons. The Morgan fingerprint density at radius 1 is 0.214 bits per heavy atom. The first-order valence-electron chi connectivity index (χ1n) is 11.4. The molecule has 0 aliphatic heterocycles. The summed E-state index contributed by atoms with van der Waals surface area (Å²) in [5.41, 5.74) is 0. The Hall–Kier alpha value is -1.54. The van der Waals surface area contributed by atoms with Crippen molar-refractivity contribution in [3.63, 3.8) is 0 Å². The van der Waals surface area contributed by atoms with Crippen LogP contribution < -0.4 is 0 Å². The highest BCUT2D eigenvalue weighted by atomic mass is 19.4. The van der Waals surface area contributed by atoms with Gasteiger partial charge in [-0.3, -0.25) is 0 Å². The van der Waals surface area contributed by atoms with E-state index >= 15 is 0 Å². The van der Waals surface area contributed by atoms with Gasteiger partial charge in [0.2, 0.25) is 0 Å². The maximum atomic E-state index is 13.5. The van der Waals surface area contributed by atoms with E-state index in [1.54, 1.807) is 0 Å². The number of hydrogen-bond donors (Lipinski definition) is 0. The van der Waals surface area contributed by atoms with Crippen molar-refractivity contribution >= 4 is 0 Å². The van der Waals surface area contributed by atoms with Crippen LogP contribution in [-0.2, 0) is 0 Å². The van der Waals surface area contributed by atoms with E-state index in [0.717, 1.165) is 0 Å². The quantitative estimate of drug-likeness (QED) is 0.106. The zero-order valence-electron chi connectivity index (χ0n) is 20.4. The lowest BCUT2D eigenvalue weighted by molar-refractivity contribution is -0.422. The third kappa shape index (κ3) is 7.39. The summed E-state index contributed by atoms with van der Waals surface area (Å²) in [5, 5.41) is 0. The number of alkyl halides is 22. The first-order chi connectivity index (χ1) is 18.2. The van der Waals surface area contributed by atoms with Gasteiger partial charge in [-0.05, 0) is 12.8 Å². The van der Waals surface area contributed by atoms with Crippen molar-refractivity contribution in [3.05, 3.63) is 0 Å². The minimum Gasteiger partial charge on any atom is -0.200 e. The van der Waals surface area contributed by atoms with Crippen LogP contribution in [0.2, 0.25) is 0 Å². The topological polar surface area (TPSA) is 0 Å². The molecule has 0 nitrogen and oxygen atoms in total. The van der Waals surface area contributed by atoms with E-state index < -0.39 is 98.3 Å². The molecule has 22 heteroatoms. The highest BCUT2D eigenvalue weighted by Crippen LogP contribution is 2.59. The summed E-state index contributed by atoms with van der Waals surface area (Å²) >= 11 is 0. The van der Waals surface area contributed by atoms with Crippen LogP contribution in [0.15, 0.2) is 0 Å². The van der Waals surface area contributed by atoms with Crippen LogP contribution in [0.1, 0.15) is 64.2 Å². The lowest BCUT2D eigenvalue weighted by Gasteiger charge is -2.37. The van der Waals surface area contributed by atoms with Gasteiger partial charge in [-0.25, -0.2) is 0 Å². The van der Waals surface area contributed by atoms with Gasteiger partial charge in [0.25, 0.3) is 0 Å². The second-order valence-electron chi connectivity index (χ2n) is 9.18. The SMILES string of the molecule is FC(F)(F)C(F)(F)C(F)(F)C(F)(F)C(F)(F)CCCCCCCCCCC(F)(F)C(F)(F)C(F)(F)C(F)(F)C(F)(F)F. The van der Waals surface area contributed by atoms with Gasteiger partial charge in [-0.1, -0.05) is 38.5 Å². The standard InChI is InChI=1S/C20H20F22/c21-11(22,13(25,26)15(29,30)17(33,34)19(37,38)39)9-7-5-3-1-2-4-6-8-10-12(23,24)14(27,28)16(31,32)18(35,36)20(40,41)42/h1-10H2. The number of hydrogen-bond acceptors (Lipinski definition) is 0. The summed E-state index contributed by atoms with van der Waals surface area (Å²) in [6, 6.07) is 0. The molecular weight excluding hydrogens is 658 g/mol. The van der Waals surface area contributed by atoms with E-state index in [0.29, 0.717) is 0 Å². The van der Waals surface area contributed by atoms with E-state index in [-0.39, 0.29) is 25.7 Å².